The number of esters is 2. The number of aryl methyl sites for hydroxylation is 1. The van der Waals surface area contributed by atoms with Gasteiger partial charge >= 0.3 is 11.9 Å². The van der Waals surface area contributed by atoms with E-state index in [1.165, 1.54) is 7.11 Å². The van der Waals surface area contributed by atoms with Crippen LogP contribution in [0.2, 0.25) is 0 Å². The Morgan fingerprint density at radius 2 is 1.77 bits per heavy atom. The van der Waals surface area contributed by atoms with Crippen molar-refractivity contribution in [2.24, 2.45) is 0 Å². The molecule has 1 amide bonds. The number of hydrogen-bond donors (Lipinski definition) is 2. The topological polar surface area (TPSA) is 124 Å². The van der Waals surface area contributed by atoms with Crippen LogP contribution < -0.4 is 10.1 Å². The van der Waals surface area contributed by atoms with Crippen molar-refractivity contribution in [1.29, 1.82) is 0 Å². The number of pyridine rings is 1. The van der Waals surface area contributed by atoms with Gasteiger partial charge in [-0.25, -0.2) is 0 Å². The molecule has 210 valence electrons. The van der Waals surface area contributed by atoms with Gasteiger partial charge in [-0.15, -0.1) is 0 Å². The zero-order chi connectivity index (χ0) is 28.5. The molecule has 0 bridgehead atoms. The summed E-state index contributed by atoms with van der Waals surface area (Å²) >= 11 is 0.729. The van der Waals surface area contributed by atoms with E-state index in [-0.39, 0.29) is 37.9 Å². The summed E-state index contributed by atoms with van der Waals surface area (Å²) in [5, 5.41) is 12.6. The molecular weight excluding hydrogens is 532 g/mol. The molecule has 3 atom stereocenters. The number of hydrogen-bond acceptors (Lipinski definition) is 9. The molecule has 0 aliphatic carbocycles. The van der Waals surface area contributed by atoms with E-state index in [9.17, 15) is 19.5 Å². The lowest BCUT2D eigenvalue weighted by Crippen LogP contribution is -2.50. The molecule has 2 heterocycles. The third-order valence-electron chi connectivity index (χ3n) is 6.69. The second-order valence-corrected chi connectivity index (χ2v) is 10.7. The lowest BCUT2D eigenvalue weighted by atomic mass is 9.96. The lowest BCUT2D eigenvalue weighted by Gasteiger charge is -2.27. The van der Waals surface area contributed by atoms with E-state index in [2.05, 4.69) is 10.3 Å². The second kappa shape index (κ2) is 13.5. The smallest absolute Gasteiger partial charge is 0.328 e. The molecular formula is C30H32N2O7S. The summed E-state index contributed by atoms with van der Waals surface area (Å²) in [4.78, 5) is 41.8. The van der Waals surface area contributed by atoms with E-state index in [0.717, 1.165) is 35.0 Å². The summed E-state index contributed by atoms with van der Waals surface area (Å²) in [5.41, 5.74) is 3.34. The van der Waals surface area contributed by atoms with Gasteiger partial charge in [0.15, 0.2) is 11.0 Å². The number of rotatable bonds is 12. The SMILES string of the molecule is CCc1ccc([C@H](COc2ccc(CC3(C(=O)OCc4ccccc4)SC(=O)NC3O)cc2)CC(=O)OC)nc1. The van der Waals surface area contributed by atoms with Gasteiger partial charge in [0.2, 0.25) is 0 Å². The van der Waals surface area contributed by atoms with Crippen LogP contribution in [0.5, 0.6) is 5.75 Å². The molecule has 1 fully saturated rings. The molecule has 1 saturated heterocycles. The number of aromatic nitrogens is 1. The van der Waals surface area contributed by atoms with Crippen LogP contribution in [0.1, 0.15) is 41.6 Å². The van der Waals surface area contributed by atoms with Crippen LogP contribution in [0.3, 0.4) is 0 Å². The fraction of sp³-hybridized carbons (Fsp3) is 0.333. The van der Waals surface area contributed by atoms with E-state index in [0.29, 0.717) is 11.3 Å². The first-order valence-electron chi connectivity index (χ1n) is 12.9. The van der Waals surface area contributed by atoms with E-state index in [4.69, 9.17) is 14.2 Å². The molecule has 4 rings (SSSR count). The molecule has 2 aromatic carbocycles. The van der Waals surface area contributed by atoms with Crippen molar-refractivity contribution >= 4 is 28.9 Å². The van der Waals surface area contributed by atoms with E-state index in [1.54, 1.807) is 30.5 Å². The van der Waals surface area contributed by atoms with Crippen LogP contribution in [0.4, 0.5) is 4.79 Å². The highest BCUT2D eigenvalue weighted by molar-refractivity contribution is 8.15. The first-order valence-corrected chi connectivity index (χ1v) is 13.8. The predicted octanol–water partition coefficient (Wildman–Crippen LogP) is 4.17. The lowest BCUT2D eigenvalue weighted by molar-refractivity contribution is -0.151. The van der Waals surface area contributed by atoms with Gasteiger partial charge in [0.05, 0.1) is 20.1 Å². The summed E-state index contributed by atoms with van der Waals surface area (Å²) in [7, 11) is 1.35. The van der Waals surface area contributed by atoms with Gasteiger partial charge in [-0.05, 0) is 53.1 Å². The third kappa shape index (κ3) is 7.19. The van der Waals surface area contributed by atoms with Gasteiger partial charge in [0, 0.05) is 24.2 Å². The van der Waals surface area contributed by atoms with Crippen LogP contribution in [0.15, 0.2) is 72.9 Å². The van der Waals surface area contributed by atoms with Crippen molar-refractivity contribution in [1.82, 2.24) is 10.3 Å². The van der Waals surface area contributed by atoms with Crippen molar-refractivity contribution in [3.63, 3.8) is 0 Å². The maximum atomic E-state index is 13.2. The Balaban J connectivity index is 1.43. The summed E-state index contributed by atoms with van der Waals surface area (Å²) in [6.45, 7) is 2.28. The molecule has 10 heteroatoms. The van der Waals surface area contributed by atoms with Crippen LogP contribution in [-0.4, -0.2) is 52.0 Å². The number of carbonyl (C=O) groups is 3. The molecule has 1 aliphatic rings. The minimum Gasteiger partial charge on any atom is -0.493 e. The highest BCUT2D eigenvalue weighted by Crippen LogP contribution is 2.39. The number of aliphatic hydroxyl groups excluding tert-OH is 1. The average molecular weight is 565 g/mol. The molecule has 9 nitrogen and oxygen atoms in total. The predicted molar refractivity (Wildman–Crippen MR) is 150 cm³/mol. The zero-order valence-corrected chi connectivity index (χ0v) is 23.2. The van der Waals surface area contributed by atoms with Gasteiger partial charge in [-0.1, -0.05) is 55.5 Å². The number of benzene rings is 2. The van der Waals surface area contributed by atoms with Gasteiger partial charge in [-0.3, -0.25) is 19.4 Å². The van der Waals surface area contributed by atoms with Gasteiger partial charge in [0.1, 0.15) is 12.4 Å². The highest BCUT2D eigenvalue weighted by Gasteiger charge is 2.55. The Bertz CT molecular complexity index is 1300. The molecule has 2 N–H and O–H groups in total. The summed E-state index contributed by atoms with van der Waals surface area (Å²) in [6.07, 6.45) is 1.43. The number of thioether (sulfide) groups is 1. The van der Waals surface area contributed by atoms with Crippen LogP contribution in [0, 0.1) is 0 Å². The summed E-state index contributed by atoms with van der Waals surface area (Å²) in [5.74, 6) is -0.786. The quantitative estimate of drug-likeness (QED) is 0.312. The Labute approximate surface area is 237 Å². The molecule has 0 spiro atoms. The number of nitrogens with one attached hydrogen (secondary N) is 1. The molecule has 1 aliphatic heterocycles. The number of amides is 1. The Hall–Kier alpha value is -3.89. The van der Waals surface area contributed by atoms with Crippen LogP contribution in [0.25, 0.3) is 0 Å². The number of ether oxygens (including phenoxy) is 3. The first kappa shape index (κ1) is 29.1. The Kier molecular flexibility index (Phi) is 9.79. The largest absolute Gasteiger partial charge is 0.493 e. The Morgan fingerprint density at radius 1 is 1.05 bits per heavy atom. The van der Waals surface area contributed by atoms with Crippen molar-refractivity contribution < 1.29 is 33.7 Å². The van der Waals surface area contributed by atoms with Crippen molar-refractivity contribution in [3.8, 4) is 5.75 Å². The minimum absolute atomic E-state index is 0.0262. The highest BCUT2D eigenvalue weighted by atomic mass is 32.2. The van der Waals surface area contributed by atoms with Crippen LogP contribution in [-0.2, 0) is 38.5 Å². The van der Waals surface area contributed by atoms with Gasteiger partial charge in [-0.2, -0.15) is 0 Å². The standard InChI is InChI=1S/C30H32N2O7S/c1-3-20-11-14-25(31-17-20)23(15-26(33)37-2)19-38-24-12-9-21(10-13-24)16-30(27(34)32-29(36)40-30)28(35)39-18-22-7-5-4-6-8-22/h4-14,17,23,27,34H,3,15-16,18-19H2,1-2H3,(H,32,36)/t23-,27?,30?/m0/s1. The van der Waals surface area contributed by atoms with E-state index >= 15 is 0 Å². The number of nitrogens with zero attached hydrogens (tertiary/aromatic N) is 1. The molecule has 2 unspecified atom stereocenters. The van der Waals surface area contributed by atoms with E-state index in [1.807, 2.05) is 49.4 Å². The maximum Gasteiger partial charge on any atom is 0.328 e. The zero-order valence-electron chi connectivity index (χ0n) is 22.4. The van der Waals surface area contributed by atoms with Crippen molar-refractivity contribution in [2.75, 3.05) is 13.7 Å². The van der Waals surface area contributed by atoms with Crippen LogP contribution >= 0.6 is 11.8 Å². The van der Waals surface area contributed by atoms with Gasteiger partial charge in [0.25, 0.3) is 5.24 Å². The maximum absolute atomic E-state index is 13.2. The van der Waals surface area contributed by atoms with Crippen molar-refractivity contribution in [3.05, 3.63) is 95.3 Å². The molecule has 0 radical (unpaired) electrons. The average Bonchev–Trinajstić information content (AvgIpc) is 3.28. The van der Waals surface area contributed by atoms with Crippen molar-refractivity contribution in [2.45, 2.75) is 49.7 Å². The normalized spacial score (nSPS) is 19.0. The van der Waals surface area contributed by atoms with Gasteiger partial charge < -0.3 is 24.6 Å². The summed E-state index contributed by atoms with van der Waals surface area (Å²) < 4.78 is 14.8. The molecule has 40 heavy (non-hydrogen) atoms. The number of aliphatic hydroxyl groups is 1. The fourth-order valence-corrected chi connectivity index (χ4v) is 5.36. The third-order valence-corrected chi connectivity index (χ3v) is 7.89. The summed E-state index contributed by atoms with van der Waals surface area (Å²) in [6, 6.07) is 20.1. The molecule has 3 aromatic rings. The first-order chi connectivity index (χ1) is 19.3. The number of carbonyl (C=O) groups excluding carboxylic acids is 3. The number of methoxy groups -OCH3 is 1. The van der Waals surface area contributed by atoms with E-state index < -0.39 is 22.2 Å². The molecule has 0 saturated carbocycles. The fourth-order valence-electron chi connectivity index (χ4n) is 4.31. The Morgan fingerprint density at radius 3 is 2.38 bits per heavy atom. The monoisotopic (exact) mass is 564 g/mol. The molecule has 1 aromatic heterocycles. The minimum atomic E-state index is -1.53. The second-order valence-electron chi connectivity index (χ2n) is 9.44.